The molecule has 1 aliphatic heterocycles. The molecule has 0 spiro atoms. The lowest BCUT2D eigenvalue weighted by Crippen LogP contribution is -2.48. The van der Waals surface area contributed by atoms with Crippen molar-refractivity contribution in [2.24, 2.45) is 0 Å². The third-order valence-electron chi connectivity index (χ3n) is 2.67. The van der Waals surface area contributed by atoms with Gasteiger partial charge in [0.25, 0.3) is 5.91 Å². The van der Waals surface area contributed by atoms with Crippen molar-refractivity contribution in [1.82, 2.24) is 4.90 Å². The number of hydrogen-bond donors (Lipinski definition) is 1. The highest BCUT2D eigenvalue weighted by Gasteiger charge is 2.28. The molecule has 0 aromatic carbocycles. The summed E-state index contributed by atoms with van der Waals surface area (Å²) in [5.74, 6) is 0.0517. The first-order chi connectivity index (χ1) is 7.79. The standard InChI is InChI=1S/C11H21NO4/c1-15-8-3-5-12-6-9-16-10(11(12)14)4-2-7-13/h10,13H,2-9H2,1H3. The number of aliphatic hydroxyl groups excluding tert-OH is 1. The van der Waals surface area contributed by atoms with Gasteiger partial charge in [-0.3, -0.25) is 4.79 Å². The summed E-state index contributed by atoms with van der Waals surface area (Å²) in [6.45, 7) is 2.77. The quantitative estimate of drug-likeness (QED) is 0.628. The molecular weight excluding hydrogens is 210 g/mol. The summed E-state index contributed by atoms with van der Waals surface area (Å²) in [5.41, 5.74) is 0. The lowest BCUT2D eigenvalue weighted by atomic mass is 10.1. The fourth-order valence-electron chi connectivity index (χ4n) is 1.80. The Balaban J connectivity index is 2.32. The molecule has 5 heteroatoms. The van der Waals surface area contributed by atoms with Crippen molar-refractivity contribution in [1.29, 1.82) is 0 Å². The van der Waals surface area contributed by atoms with Gasteiger partial charge < -0.3 is 19.5 Å². The predicted molar refractivity (Wildman–Crippen MR) is 59.1 cm³/mol. The molecular formula is C11H21NO4. The van der Waals surface area contributed by atoms with Crippen LogP contribution < -0.4 is 0 Å². The zero-order valence-corrected chi connectivity index (χ0v) is 9.85. The van der Waals surface area contributed by atoms with E-state index in [-0.39, 0.29) is 18.6 Å². The molecule has 0 radical (unpaired) electrons. The number of rotatable bonds is 7. The molecule has 0 aliphatic carbocycles. The minimum absolute atomic E-state index is 0.0517. The van der Waals surface area contributed by atoms with Crippen LogP contribution >= 0.6 is 0 Å². The fraction of sp³-hybridized carbons (Fsp3) is 0.909. The maximum atomic E-state index is 11.9. The van der Waals surface area contributed by atoms with E-state index < -0.39 is 0 Å². The van der Waals surface area contributed by atoms with Crippen LogP contribution in [-0.2, 0) is 14.3 Å². The Kier molecular flexibility index (Phi) is 6.37. The summed E-state index contributed by atoms with van der Waals surface area (Å²) in [5, 5.41) is 8.73. The first kappa shape index (κ1) is 13.4. The Bertz CT molecular complexity index is 210. The van der Waals surface area contributed by atoms with Crippen LogP contribution in [0.4, 0.5) is 0 Å². The molecule has 0 aromatic heterocycles. The molecule has 5 nitrogen and oxygen atoms in total. The number of hydrogen-bond acceptors (Lipinski definition) is 4. The zero-order valence-electron chi connectivity index (χ0n) is 9.85. The molecule has 0 bridgehead atoms. The molecule has 1 rings (SSSR count). The summed E-state index contributed by atoms with van der Waals surface area (Å²) in [6.07, 6.45) is 1.72. The smallest absolute Gasteiger partial charge is 0.251 e. The van der Waals surface area contributed by atoms with Crippen LogP contribution in [-0.4, -0.2) is 62.0 Å². The highest BCUT2D eigenvalue weighted by atomic mass is 16.5. The second-order valence-electron chi connectivity index (χ2n) is 3.90. The van der Waals surface area contributed by atoms with E-state index >= 15 is 0 Å². The number of morpholine rings is 1. The second kappa shape index (κ2) is 7.60. The third kappa shape index (κ3) is 4.08. The number of nitrogens with zero attached hydrogens (tertiary/aromatic N) is 1. The van der Waals surface area contributed by atoms with Crippen molar-refractivity contribution in [2.75, 3.05) is 40.0 Å². The van der Waals surface area contributed by atoms with Gasteiger partial charge in [0.15, 0.2) is 0 Å². The van der Waals surface area contributed by atoms with Gasteiger partial charge in [-0.05, 0) is 19.3 Å². The maximum absolute atomic E-state index is 11.9. The van der Waals surface area contributed by atoms with Gasteiger partial charge in [0.1, 0.15) is 6.10 Å². The Labute approximate surface area is 96.3 Å². The van der Waals surface area contributed by atoms with E-state index in [2.05, 4.69) is 0 Å². The van der Waals surface area contributed by atoms with E-state index in [1.54, 1.807) is 7.11 Å². The Morgan fingerprint density at radius 2 is 2.38 bits per heavy atom. The Hall–Kier alpha value is -0.650. The third-order valence-corrected chi connectivity index (χ3v) is 2.67. The molecule has 0 saturated carbocycles. The number of carbonyl (C=O) groups is 1. The first-order valence-electron chi connectivity index (χ1n) is 5.79. The van der Waals surface area contributed by atoms with E-state index in [4.69, 9.17) is 14.6 Å². The van der Waals surface area contributed by atoms with Crippen molar-refractivity contribution >= 4 is 5.91 Å². The molecule has 1 atom stereocenters. The van der Waals surface area contributed by atoms with Gasteiger partial charge in [-0.1, -0.05) is 0 Å². The molecule has 1 heterocycles. The van der Waals surface area contributed by atoms with E-state index in [0.29, 0.717) is 32.6 Å². The molecule has 1 aliphatic rings. The van der Waals surface area contributed by atoms with Crippen LogP contribution in [0, 0.1) is 0 Å². The lowest BCUT2D eigenvalue weighted by Gasteiger charge is -2.32. The fourth-order valence-corrected chi connectivity index (χ4v) is 1.80. The highest BCUT2D eigenvalue weighted by molar-refractivity contribution is 5.81. The minimum atomic E-state index is -0.358. The summed E-state index contributed by atoms with van der Waals surface area (Å²) >= 11 is 0. The molecule has 0 aromatic rings. The van der Waals surface area contributed by atoms with Crippen molar-refractivity contribution in [3.8, 4) is 0 Å². The molecule has 94 valence electrons. The van der Waals surface area contributed by atoms with Crippen LogP contribution in [0.3, 0.4) is 0 Å². The number of carbonyl (C=O) groups excluding carboxylic acids is 1. The lowest BCUT2D eigenvalue weighted by molar-refractivity contribution is -0.153. The average molecular weight is 231 g/mol. The maximum Gasteiger partial charge on any atom is 0.251 e. The van der Waals surface area contributed by atoms with Crippen LogP contribution in [0.2, 0.25) is 0 Å². The van der Waals surface area contributed by atoms with Crippen LogP contribution in [0.5, 0.6) is 0 Å². The summed E-state index contributed by atoms with van der Waals surface area (Å²) in [7, 11) is 1.66. The van der Waals surface area contributed by atoms with E-state index in [1.165, 1.54) is 0 Å². The second-order valence-corrected chi connectivity index (χ2v) is 3.90. The summed E-state index contributed by atoms with van der Waals surface area (Å²) in [4.78, 5) is 13.7. The van der Waals surface area contributed by atoms with Crippen molar-refractivity contribution < 1.29 is 19.4 Å². The SMILES string of the molecule is COCCCN1CCOC(CCCO)C1=O. The predicted octanol–water partition coefficient (Wildman–Crippen LogP) is 0.0228. The van der Waals surface area contributed by atoms with Gasteiger partial charge in [0.2, 0.25) is 0 Å². The first-order valence-corrected chi connectivity index (χ1v) is 5.79. The van der Waals surface area contributed by atoms with Crippen LogP contribution in [0.15, 0.2) is 0 Å². The molecule has 16 heavy (non-hydrogen) atoms. The Morgan fingerprint density at radius 3 is 3.06 bits per heavy atom. The van der Waals surface area contributed by atoms with E-state index in [9.17, 15) is 4.79 Å². The largest absolute Gasteiger partial charge is 0.396 e. The normalized spacial score (nSPS) is 21.5. The number of methoxy groups -OCH3 is 1. The van der Waals surface area contributed by atoms with Crippen molar-refractivity contribution in [3.05, 3.63) is 0 Å². The van der Waals surface area contributed by atoms with Crippen molar-refractivity contribution in [3.63, 3.8) is 0 Å². The van der Waals surface area contributed by atoms with Gasteiger partial charge in [0.05, 0.1) is 6.61 Å². The van der Waals surface area contributed by atoms with E-state index in [0.717, 1.165) is 13.0 Å². The number of ether oxygens (including phenoxy) is 2. The molecule has 1 unspecified atom stereocenters. The van der Waals surface area contributed by atoms with Crippen LogP contribution in [0.1, 0.15) is 19.3 Å². The number of aliphatic hydroxyl groups is 1. The molecule has 1 fully saturated rings. The van der Waals surface area contributed by atoms with Crippen molar-refractivity contribution in [2.45, 2.75) is 25.4 Å². The molecule has 1 amide bonds. The van der Waals surface area contributed by atoms with Crippen LogP contribution in [0.25, 0.3) is 0 Å². The summed E-state index contributed by atoms with van der Waals surface area (Å²) < 4.78 is 10.4. The highest BCUT2D eigenvalue weighted by Crippen LogP contribution is 2.12. The molecule has 1 N–H and O–H groups in total. The Morgan fingerprint density at radius 1 is 1.56 bits per heavy atom. The minimum Gasteiger partial charge on any atom is -0.396 e. The zero-order chi connectivity index (χ0) is 11.8. The van der Waals surface area contributed by atoms with Gasteiger partial charge in [-0.25, -0.2) is 0 Å². The number of amides is 1. The van der Waals surface area contributed by atoms with Gasteiger partial charge >= 0.3 is 0 Å². The van der Waals surface area contributed by atoms with Gasteiger partial charge in [-0.2, -0.15) is 0 Å². The van der Waals surface area contributed by atoms with Gasteiger partial charge in [0, 0.05) is 33.4 Å². The average Bonchev–Trinajstić information content (AvgIpc) is 2.30. The summed E-state index contributed by atoms with van der Waals surface area (Å²) in [6, 6.07) is 0. The monoisotopic (exact) mass is 231 g/mol. The van der Waals surface area contributed by atoms with E-state index in [1.807, 2.05) is 4.90 Å². The van der Waals surface area contributed by atoms with Gasteiger partial charge in [-0.15, -0.1) is 0 Å². The molecule has 1 saturated heterocycles. The topological polar surface area (TPSA) is 59.0 Å².